The van der Waals surface area contributed by atoms with Crippen molar-refractivity contribution in [2.75, 3.05) is 23.3 Å². The molecular weight excluding hydrogens is 490 g/mol. The number of pyridine rings is 1. The van der Waals surface area contributed by atoms with Gasteiger partial charge in [-0.05, 0) is 80.1 Å². The van der Waals surface area contributed by atoms with Crippen LogP contribution in [0.25, 0.3) is 11.1 Å². The Labute approximate surface area is 243 Å². The van der Waals surface area contributed by atoms with Crippen molar-refractivity contribution in [3.05, 3.63) is 77.5 Å². The van der Waals surface area contributed by atoms with Crippen LogP contribution in [-0.4, -0.2) is 67.9 Å². The number of nitrogens with one attached hydrogen (secondary N) is 1. The van der Waals surface area contributed by atoms with Gasteiger partial charge >= 0.3 is 46.6 Å². The van der Waals surface area contributed by atoms with E-state index in [0.717, 1.165) is 31.0 Å². The fraction of sp³-hybridized carbons (Fsp3) is 0.333. The van der Waals surface area contributed by atoms with Crippen LogP contribution < -0.4 is 10.2 Å². The van der Waals surface area contributed by atoms with Gasteiger partial charge in [-0.2, -0.15) is 0 Å². The molecule has 2 unspecified atom stereocenters. The number of terminal acetylenes is 1. The maximum absolute atomic E-state index is 13.2. The summed E-state index contributed by atoms with van der Waals surface area (Å²) in [7, 11) is 4.72. The van der Waals surface area contributed by atoms with Gasteiger partial charge in [0.05, 0.1) is 0 Å². The van der Waals surface area contributed by atoms with Crippen molar-refractivity contribution in [3.8, 4) is 23.5 Å². The Morgan fingerprint density at radius 3 is 2.30 bits per heavy atom. The molecule has 1 aliphatic heterocycles. The molecule has 5 nitrogen and oxygen atoms in total. The predicted molar refractivity (Wildman–Crippen MR) is 176 cm³/mol. The second-order valence-electron chi connectivity index (χ2n) is 9.82. The van der Waals surface area contributed by atoms with Gasteiger partial charge in [0.1, 0.15) is 5.82 Å². The first kappa shape index (κ1) is 32.3. The molecule has 2 aliphatic rings. The number of amides is 2. The molecular formula is C33H41B2N4O. The van der Waals surface area contributed by atoms with Crippen molar-refractivity contribution in [3.63, 3.8) is 0 Å². The van der Waals surface area contributed by atoms with Gasteiger partial charge < -0.3 is 15.1 Å². The zero-order valence-corrected chi connectivity index (χ0v) is 24.8. The summed E-state index contributed by atoms with van der Waals surface area (Å²) < 4.78 is 0. The number of rotatable bonds is 2. The average Bonchev–Trinajstić information content (AvgIpc) is 3.28. The molecule has 0 saturated carbocycles. The van der Waals surface area contributed by atoms with Crippen LogP contribution in [0.2, 0.25) is 6.82 Å². The monoisotopic (exact) mass is 531 g/mol. The van der Waals surface area contributed by atoms with Crippen LogP contribution in [0.5, 0.6) is 0 Å². The Balaban J connectivity index is 0.000000554. The summed E-state index contributed by atoms with van der Waals surface area (Å²) in [6, 6.07) is 19.0. The SMILES string of the molecule is C#CC.C=BC.Cc1cccnc1N1CC(C)N(C(=O)Nc2ccc3c(c2)-c2ccccc2C3)C(C)C1.[B]=CC. The third-order valence-electron chi connectivity index (χ3n) is 6.48. The van der Waals surface area contributed by atoms with Gasteiger partial charge in [0, 0.05) is 37.1 Å². The van der Waals surface area contributed by atoms with Gasteiger partial charge in [0.25, 0.3) is 0 Å². The Bertz CT molecular complexity index is 1320. The molecule has 0 spiro atoms. The normalized spacial score (nSPS) is 16.0. The molecule has 2 heterocycles. The van der Waals surface area contributed by atoms with E-state index in [1.807, 2.05) is 30.1 Å². The Morgan fingerprint density at radius 1 is 1.12 bits per heavy atom. The number of aryl methyl sites for hydroxylation is 1. The molecule has 1 aliphatic carbocycles. The summed E-state index contributed by atoms with van der Waals surface area (Å²) in [5.74, 6) is 4.76. The third kappa shape index (κ3) is 8.29. The number of hydrogen-bond acceptors (Lipinski definition) is 3. The Morgan fingerprint density at radius 2 is 1.70 bits per heavy atom. The van der Waals surface area contributed by atoms with Crippen molar-refractivity contribution in [1.29, 1.82) is 0 Å². The van der Waals surface area contributed by atoms with Crippen LogP contribution in [0.15, 0.2) is 60.8 Å². The molecule has 2 aromatic carbocycles. The summed E-state index contributed by atoms with van der Waals surface area (Å²) in [4.78, 5) is 22.1. The number of nitrogens with zero attached hydrogens (tertiary/aromatic N) is 3. The standard InChI is InChI=1S/C26H28N4O.C3H4.C2H5B.C2H4B/c1-17-7-6-12-27-25(17)29-15-18(2)30(19(3)16-29)26(31)28-22-11-10-21-13-20-8-4-5-9-23(20)24(21)14-22;2*1-3-2;1-2-3/h4-12,14,18-19H,13,15-16H2,1-3H3,(H,28,31);1H,2H3;1H2,2H3;2H,1H3. The first-order valence-corrected chi connectivity index (χ1v) is 13.7. The van der Waals surface area contributed by atoms with Crippen LogP contribution in [0.4, 0.5) is 16.3 Å². The van der Waals surface area contributed by atoms with E-state index >= 15 is 0 Å². The number of urea groups is 1. The fourth-order valence-electron chi connectivity index (χ4n) is 5.09. The molecule has 0 bridgehead atoms. The summed E-state index contributed by atoms with van der Waals surface area (Å²) >= 11 is 0. The van der Waals surface area contributed by atoms with Crippen molar-refractivity contribution in [1.82, 2.24) is 9.88 Å². The van der Waals surface area contributed by atoms with Crippen molar-refractivity contribution >= 4 is 44.4 Å². The molecule has 2 atom stereocenters. The first-order chi connectivity index (χ1) is 19.3. The molecule has 40 heavy (non-hydrogen) atoms. The zero-order chi connectivity index (χ0) is 29.7. The van der Waals surface area contributed by atoms with E-state index in [4.69, 9.17) is 7.49 Å². The number of hydrogen-bond donors (Lipinski definition) is 1. The third-order valence-corrected chi connectivity index (χ3v) is 6.48. The molecule has 1 saturated heterocycles. The van der Waals surface area contributed by atoms with E-state index in [1.54, 1.807) is 20.8 Å². The summed E-state index contributed by atoms with van der Waals surface area (Å²) in [6.45, 7) is 18.3. The molecule has 1 radical (unpaired) electrons. The van der Waals surface area contributed by atoms with Crippen LogP contribution in [-0.2, 0) is 6.42 Å². The summed E-state index contributed by atoms with van der Waals surface area (Å²) in [6.07, 6.45) is 7.39. The Kier molecular flexibility index (Phi) is 13.1. The fourth-order valence-corrected chi connectivity index (χ4v) is 5.09. The van der Waals surface area contributed by atoms with Crippen LogP contribution >= 0.6 is 0 Å². The van der Waals surface area contributed by atoms with Crippen LogP contribution in [0, 0.1) is 19.3 Å². The molecule has 7 heteroatoms. The maximum atomic E-state index is 13.2. The Hall–Kier alpha value is -3.91. The minimum atomic E-state index is -0.0383. The van der Waals surface area contributed by atoms with Crippen molar-refractivity contribution in [2.45, 2.75) is 59.9 Å². The van der Waals surface area contributed by atoms with E-state index in [9.17, 15) is 4.79 Å². The number of benzene rings is 2. The topological polar surface area (TPSA) is 48.5 Å². The van der Waals surface area contributed by atoms with Gasteiger partial charge in [-0.15, -0.1) is 12.3 Å². The van der Waals surface area contributed by atoms with Gasteiger partial charge in [0.2, 0.25) is 0 Å². The van der Waals surface area contributed by atoms with Crippen LogP contribution in [0.1, 0.15) is 44.4 Å². The van der Waals surface area contributed by atoms with Gasteiger partial charge in [-0.3, -0.25) is 0 Å². The number of carbonyl (C=O) groups excluding carboxylic acids is 1. The zero-order valence-electron chi connectivity index (χ0n) is 24.8. The molecule has 5 rings (SSSR count). The van der Waals surface area contributed by atoms with E-state index in [1.165, 1.54) is 33.8 Å². The van der Waals surface area contributed by atoms with Crippen molar-refractivity contribution < 1.29 is 4.79 Å². The molecule has 1 aromatic heterocycles. The van der Waals surface area contributed by atoms with E-state index in [0.29, 0.717) is 0 Å². The number of piperazine rings is 1. The summed E-state index contributed by atoms with van der Waals surface area (Å²) in [5, 5.41) is 3.15. The van der Waals surface area contributed by atoms with Gasteiger partial charge in [0.15, 0.2) is 0 Å². The molecule has 1 N–H and O–H groups in total. The van der Waals surface area contributed by atoms with Gasteiger partial charge in [-0.1, -0.05) is 36.4 Å². The predicted octanol–water partition coefficient (Wildman–Crippen LogP) is 5.88. The van der Waals surface area contributed by atoms with Crippen molar-refractivity contribution in [2.24, 2.45) is 0 Å². The first-order valence-electron chi connectivity index (χ1n) is 13.7. The van der Waals surface area contributed by atoms with E-state index in [-0.39, 0.29) is 18.1 Å². The molecule has 2 amide bonds. The molecule has 205 valence electrons. The average molecular weight is 531 g/mol. The van der Waals surface area contributed by atoms with Gasteiger partial charge in [-0.25, -0.2) is 9.78 Å². The molecule has 1 fully saturated rings. The number of aromatic nitrogens is 1. The van der Waals surface area contributed by atoms with Crippen LogP contribution in [0.3, 0.4) is 0 Å². The number of carbonyl (C=O) groups is 1. The molecule has 3 aromatic rings. The minimum absolute atomic E-state index is 0.0383. The number of anilines is 2. The summed E-state index contributed by atoms with van der Waals surface area (Å²) in [5.41, 5.74) is 7.19. The number of fused-ring (bicyclic) bond motifs is 3. The van der Waals surface area contributed by atoms with E-state index < -0.39 is 0 Å². The quantitative estimate of drug-likeness (QED) is 0.260. The second-order valence-corrected chi connectivity index (χ2v) is 9.82. The van der Waals surface area contributed by atoms with E-state index in [2.05, 4.69) is 97.2 Å². The second kappa shape index (κ2) is 16.3.